The van der Waals surface area contributed by atoms with Crippen LogP contribution in [0.3, 0.4) is 0 Å². The number of nitrogens with one attached hydrogen (secondary N) is 1. The van der Waals surface area contributed by atoms with Crippen LogP contribution in [0.4, 0.5) is 4.39 Å². The van der Waals surface area contributed by atoms with Gasteiger partial charge in [0.25, 0.3) is 5.91 Å². The van der Waals surface area contributed by atoms with Gasteiger partial charge < -0.3 is 10.1 Å². The number of carbonyl (C=O) groups is 1. The lowest BCUT2D eigenvalue weighted by molar-refractivity contribution is -0.0764. The number of halogens is 1. The molecule has 1 unspecified atom stereocenters. The van der Waals surface area contributed by atoms with Gasteiger partial charge in [-0.15, -0.1) is 0 Å². The monoisotopic (exact) mass is 459 g/mol. The molecule has 1 N–H and O–H groups in total. The Kier molecular flexibility index (Phi) is 6.70. The Balaban J connectivity index is 1.11. The average Bonchev–Trinajstić information content (AvgIpc) is 3.28. The minimum Gasteiger partial charge on any atom is -0.370 e. The molecule has 3 aromatic rings. The van der Waals surface area contributed by atoms with Crippen molar-refractivity contribution in [1.29, 1.82) is 0 Å². The van der Waals surface area contributed by atoms with Gasteiger partial charge in [-0.3, -0.25) is 14.7 Å². The van der Waals surface area contributed by atoms with Gasteiger partial charge >= 0.3 is 0 Å². The summed E-state index contributed by atoms with van der Waals surface area (Å²) in [5, 5.41) is 3.05. The van der Waals surface area contributed by atoms with E-state index in [1.807, 2.05) is 30.6 Å². The van der Waals surface area contributed by atoms with E-state index in [-0.39, 0.29) is 23.4 Å². The first-order valence-electron chi connectivity index (χ1n) is 12.0. The van der Waals surface area contributed by atoms with Crippen molar-refractivity contribution in [2.75, 3.05) is 19.6 Å². The van der Waals surface area contributed by atoms with E-state index in [2.05, 4.69) is 27.3 Å². The van der Waals surface area contributed by atoms with Crippen LogP contribution in [0.2, 0.25) is 0 Å². The highest BCUT2D eigenvalue weighted by molar-refractivity contribution is 5.95. The summed E-state index contributed by atoms with van der Waals surface area (Å²) in [7, 11) is 0. The van der Waals surface area contributed by atoms with Gasteiger partial charge in [-0.2, -0.15) is 0 Å². The fourth-order valence-electron chi connectivity index (χ4n) is 5.06. The molecule has 5 nitrogen and oxygen atoms in total. The molecule has 3 heterocycles. The molecule has 2 aliphatic heterocycles. The van der Waals surface area contributed by atoms with Crippen molar-refractivity contribution < 1.29 is 13.9 Å². The van der Waals surface area contributed by atoms with Crippen LogP contribution in [0.5, 0.6) is 0 Å². The molecular weight excluding hydrogens is 429 g/mol. The highest BCUT2D eigenvalue weighted by Crippen LogP contribution is 2.39. The lowest BCUT2D eigenvalue weighted by Gasteiger charge is -2.39. The van der Waals surface area contributed by atoms with Crippen molar-refractivity contribution >= 4 is 5.91 Å². The van der Waals surface area contributed by atoms with E-state index in [9.17, 15) is 9.18 Å². The summed E-state index contributed by atoms with van der Waals surface area (Å²) in [6.07, 6.45) is 7.83. The van der Waals surface area contributed by atoms with Crippen LogP contribution < -0.4 is 5.32 Å². The molecule has 176 valence electrons. The summed E-state index contributed by atoms with van der Waals surface area (Å²) in [5.41, 5.74) is 3.61. The molecule has 1 amide bonds. The number of rotatable bonds is 6. The molecule has 2 aliphatic rings. The number of nitrogens with zero attached hydrogens (tertiary/aromatic N) is 2. The van der Waals surface area contributed by atoms with Crippen molar-refractivity contribution in [3.05, 3.63) is 90.0 Å². The van der Waals surface area contributed by atoms with Crippen LogP contribution in [-0.2, 0) is 11.3 Å². The number of amides is 1. The Morgan fingerprint density at radius 3 is 2.56 bits per heavy atom. The fourth-order valence-corrected chi connectivity index (χ4v) is 5.06. The van der Waals surface area contributed by atoms with Gasteiger partial charge in [-0.1, -0.05) is 24.3 Å². The smallest absolute Gasteiger partial charge is 0.251 e. The number of carbonyl (C=O) groups excluding carboxylic acids is 1. The third-order valence-electron chi connectivity index (χ3n) is 7.05. The second kappa shape index (κ2) is 10.0. The first-order chi connectivity index (χ1) is 16.6. The fraction of sp³-hybridized carbons (Fsp3) is 0.357. The quantitative estimate of drug-likeness (QED) is 0.574. The van der Waals surface area contributed by atoms with Gasteiger partial charge in [0.2, 0.25) is 0 Å². The van der Waals surface area contributed by atoms with E-state index in [0.717, 1.165) is 56.4 Å². The minimum atomic E-state index is -0.272. The normalized spacial score (nSPS) is 19.9. The first kappa shape index (κ1) is 22.7. The molecule has 0 radical (unpaired) electrons. The molecule has 1 aromatic heterocycles. The number of likely N-dealkylation sites (tertiary alicyclic amines) is 1. The van der Waals surface area contributed by atoms with Crippen LogP contribution in [0.1, 0.15) is 41.6 Å². The van der Waals surface area contributed by atoms with Crippen LogP contribution in [0.15, 0.2) is 73.1 Å². The molecule has 0 aliphatic carbocycles. The molecule has 1 atom stereocenters. The Labute approximate surface area is 200 Å². The number of pyridine rings is 1. The molecule has 0 bridgehead atoms. The first-order valence-corrected chi connectivity index (χ1v) is 12.0. The lowest BCUT2D eigenvalue weighted by atomic mass is 9.88. The number of hydrogen-bond acceptors (Lipinski definition) is 4. The van der Waals surface area contributed by atoms with Crippen molar-refractivity contribution in [2.45, 2.75) is 43.9 Å². The molecule has 1 spiro atoms. The topological polar surface area (TPSA) is 54.5 Å². The maximum Gasteiger partial charge on any atom is 0.251 e. The van der Waals surface area contributed by atoms with E-state index < -0.39 is 0 Å². The van der Waals surface area contributed by atoms with Crippen LogP contribution in [0, 0.1) is 5.82 Å². The largest absolute Gasteiger partial charge is 0.370 e. The van der Waals surface area contributed by atoms with Gasteiger partial charge in [0.1, 0.15) is 5.82 Å². The Morgan fingerprint density at radius 2 is 1.79 bits per heavy atom. The minimum absolute atomic E-state index is 0.0490. The predicted molar refractivity (Wildman–Crippen MR) is 130 cm³/mol. The number of ether oxygens (including phenoxy) is 1. The summed E-state index contributed by atoms with van der Waals surface area (Å²) in [4.78, 5) is 19.4. The number of hydrogen-bond donors (Lipinski definition) is 1. The molecule has 6 heteroatoms. The summed E-state index contributed by atoms with van der Waals surface area (Å²) in [6, 6.07) is 17.9. The molecule has 2 fully saturated rings. The maximum atomic E-state index is 13.2. The Morgan fingerprint density at radius 1 is 1.03 bits per heavy atom. The van der Waals surface area contributed by atoms with E-state index >= 15 is 0 Å². The second-order valence-electron chi connectivity index (χ2n) is 9.39. The number of piperidine rings is 1. The van der Waals surface area contributed by atoms with Crippen molar-refractivity contribution in [3.8, 4) is 11.1 Å². The maximum absolute atomic E-state index is 13.2. The predicted octanol–water partition coefficient (Wildman–Crippen LogP) is 4.83. The van der Waals surface area contributed by atoms with Crippen molar-refractivity contribution in [2.24, 2.45) is 0 Å². The average molecular weight is 460 g/mol. The number of aromatic nitrogens is 1. The summed E-state index contributed by atoms with van der Waals surface area (Å²) >= 11 is 0. The zero-order valence-corrected chi connectivity index (χ0v) is 19.3. The van der Waals surface area contributed by atoms with Gasteiger partial charge in [0, 0.05) is 44.1 Å². The third kappa shape index (κ3) is 5.34. The summed E-state index contributed by atoms with van der Waals surface area (Å²) in [6.45, 7) is 3.52. The van der Waals surface area contributed by atoms with E-state index in [4.69, 9.17) is 4.74 Å². The molecule has 2 saturated heterocycles. The highest BCUT2D eigenvalue weighted by Gasteiger charge is 2.42. The van der Waals surface area contributed by atoms with E-state index in [1.165, 1.54) is 17.7 Å². The van der Waals surface area contributed by atoms with Crippen molar-refractivity contribution in [3.63, 3.8) is 0 Å². The number of benzene rings is 2. The Hall–Kier alpha value is -3.09. The zero-order chi connectivity index (χ0) is 23.4. The molecular formula is C28H30FN3O2. The van der Waals surface area contributed by atoms with Crippen LogP contribution in [-0.4, -0.2) is 47.1 Å². The van der Waals surface area contributed by atoms with E-state index in [0.29, 0.717) is 12.1 Å². The molecule has 2 aromatic carbocycles. The van der Waals surface area contributed by atoms with Crippen molar-refractivity contribution in [1.82, 2.24) is 15.2 Å². The van der Waals surface area contributed by atoms with Gasteiger partial charge in [0.15, 0.2) is 0 Å². The molecule has 0 saturated carbocycles. The SMILES string of the molecule is O=C(NCC1CCC2(CCN(Cc3ccncc3)CC2)O1)c1cccc(-c2ccc(F)cc2)c1. The second-order valence-corrected chi connectivity index (χ2v) is 9.39. The summed E-state index contributed by atoms with van der Waals surface area (Å²) < 4.78 is 19.7. The molecule has 34 heavy (non-hydrogen) atoms. The molecule has 5 rings (SSSR count). The third-order valence-corrected chi connectivity index (χ3v) is 7.05. The zero-order valence-electron chi connectivity index (χ0n) is 19.3. The van der Waals surface area contributed by atoms with Crippen LogP contribution in [0.25, 0.3) is 11.1 Å². The van der Waals surface area contributed by atoms with Crippen LogP contribution >= 0.6 is 0 Å². The van der Waals surface area contributed by atoms with Gasteiger partial charge in [-0.25, -0.2) is 4.39 Å². The van der Waals surface area contributed by atoms with Gasteiger partial charge in [0.05, 0.1) is 11.7 Å². The van der Waals surface area contributed by atoms with Gasteiger partial charge in [-0.05, 0) is 78.8 Å². The highest BCUT2D eigenvalue weighted by atomic mass is 19.1. The standard InChI is InChI=1S/C28H30FN3O2/c29-25-6-4-22(5-7-25)23-2-1-3-24(18-23)27(33)31-19-26-8-11-28(34-26)12-16-32(17-13-28)20-21-9-14-30-15-10-21/h1-7,9-10,14-15,18,26H,8,11-13,16-17,19-20H2,(H,31,33). The van der Waals surface area contributed by atoms with E-state index in [1.54, 1.807) is 18.2 Å². The Bertz CT molecular complexity index is 1110. The lowest BCUT2D eigenvalue weighted by Crippen LogP contribution is -2.44. The summed E-state index contributed by atoms with van der Waals surface area (Å²) in [5.74, 6) is -0.382.